The van der Waals surface area contributed by atoms with E-state index in [4.69, 9.17) is 0 Å². The van der Waals surface area contributed by atoms with Crippen LogP contribution in [0.5, 0.6) is 0 Å². The van der Waals surface area contributed by atoms with Gasteiger partial charge in [-0.3, -0.25) is 9.78 Å². The highest BCUT2D eigenvalue weighted by molar-refractivity contribution is 5.85. The molecule has 0 radical (unpaired) electrons. The summed E-state index contributed by atoms with van der Waals surface area (Å²) in [5, 5.41) is 0. The summed E-state index contributed by atoms with van der Waals surface area (Å²) < 4.78 is 0. The highest BCUT2D eigenvalue weighted by Gasteiger charge is 1.61. The van der Waals surface area contributed by atoms with E-state index in [1.807, 2.05) is 18.2 Å². The number of pyridine rings is 1. The van der Waals surface area contributed by atoms with Crippen molar-refractivity contribution in [2.24, 2.45) is 5.73 Å². The predicted octanol–water partition coefficient (Wildman–Crippen LogP) is 0.995. The van der Waals surface area contributed by atoms with Crippen molar-refractivity contribution in [1.82, 2.24) is 4.98 Å². The third-order valence-corrected chi connectivity index (χ3v) is 0.566. The van der Waals surface area contributed by atoms with Crippen molar-refractivity contribution in [3.8, 4) is 0 Å². The van der Waals surface area contributed by atoms with Crippen LogP contribution in [0.3, 0.4) is 0 Å². The number of primary amides is 1. The van der Waals surface area contributed by atoms with Gasteiger partial charge in [0.15, 0.2) is 0 Å². The van der Waals surface area contributed by atoms with E-state index in [1.54, 1.807) is 12.4 Å². The lowest BCUT2D eigenvalue weighted by Gasteiger charge is -1.70. The molecule has 0 aromatic carbocycles. The molecule has 1 aromatic rings. The van der Waals surface area contributed by atoms with Gasteiger partial charge in [0.1, 0.15) is 0 Å². The third kappa shape index (κ3) is 17.6. The van der Waals surface area contributed by atoms with Crippen LogP contribution in [-0.4, -0.2) is 10.9 Å². The summed E-state index contributed by atoms with van der Waals surface area (Å²) in [6.07, 6.45) is 3.50. The van der Waals surface area contributed by atoms with Crippen LogP contribution >= 0.6 is 12.4 Å². The van der Waals surface area contributed by atoms with E-state index >= 15 is 0 Å². The van der Waals surface area contributed by atoms with Gasteiger partial charge in [-0.2, -0.15) is 0 Å². The van der Waals surface area contributed by atoms with Gasteiger partial charge < -0.3 is 5.73 Å². The van der Waals surface area contributed by atoms with Crippen LogP contribution in [-0.2, 0) is 4.79 Å². The molecule has 3 nitrogen and oxygen atoms in total. The molecular formula is C7H11ClN2O. The Morgan fingerprint density at radius 2 is 1.64 bits per heavy atom. The SMILES string of the molecule is CC(N)=O.Cl.c1ccncc1. The number of halogens is 1. The van der Waals surface area contributed by atoms with Crippen LogP contribution in [0.2, 0.25) is 0 Å². The lowest BCUT2D eigenvalue weighted by molar-refractivity contribution is -0.115. The van der Waals surface area contributed by atoms with Gasteiger partial charge in [0.05, 0.1) is 0 Å². The Balaban J connectivity index is 0. The number of nitrogens with zero attached hydrogens (tertiary/aromatic N) is 1. The van der Waals surface area contributed by atoms with E-state index in [9.17, 15) is 4.79 Å². The molecule has 62 valence electrons. The molecular weight excluding hydrogens is 164 g/mol. The van der Waals surface area contributed by atoms with Crippen LogP contribution in [0.1, 0.15) is 6.92 Å². The molecule has 0 spiro atoms. The standard InChI is InChI=1S/C5H5N.C2H5NO.ClH/c1-2-4-6-5-3-1;1-2(3)4;/h1-5H;1H3,(H2,3,4);1H. The first-order valence-electron chi connectivity index (χ1n) is 2.84. The van der Waals surface area contributed by atoms with E-state index in [0.29, 0.717) is 0 Å². The molecule has 1 heterocycles. The van der Waals surface area contributed by atoms with E-state index < -0.39 is 0 Å². The van der Waals surface area contributed by atoms with Gasteiger partial charge in [0, 0.05) is 19.3 Å². The lowest BCUT2D eigenvalue weighted by Crippen LogP contribution is -2.01. The number of nitrogens with two attached hydrogens (primary N) is 1. The molecule has 1 rings (SSSR count). The lowest BCUT2D eigenvalue weighted by atomic mass is 10.5. The van der Waals surface area contributed by atoms with E-state index in [0.717, 1.165) is 0 Å². The summed E-state index contributed by atoms with van der Waals surface area (Å²) >= 11 is 0. The first-order valence-corrected chi connectivity index (χ1v) is 2.84. The molecule has 0 saturated carbocycles. The molecule has 0 aliphatic carbocycles. The summed E-state index contributed by atoms with van der Waals surface area (Å²) in [4.78, 5) is 13.0. The van der Waals surface area contributed by atoms with Crippen molar-refractivity contribution in [3.63, 3.8) is 0 Å². The number of carbonyl (C=O) groups excluding carboxylic acids is 1. The molecule has 0 aliphatic heterocycles. The fourth-order valence-electron chi connectivity index (χ4n) is 0.313. The maximum absolute atomic E-state index is 9.22. The monoisotopic (exact) mass is 174 g/mol. The van der Waals surface area contributed by atoms with Gasteiger partial charge in [0.25, 0.3) is 0 Å². The summed E-state index contributed by atoms with van der Waals surface area (Å²) in [7, 11) is 0. The van der Waals surface area contributed by atoms with Crippen molar-refractivity contribution < 1.29 is 4.79 Å². The molecule has 11 heavy (non-hydrogen) atoms. The second-order valence-electron chi connectivity index (χ2n) is 1.64. The number of carbonyl (C=O) groups is 1. The zero-order chi connectivity index (χ0) is 7.82. The minimum atomic E-state index is -0.333. The summed E-state index contributed by atoms with van der Waals surface area (Å²) in [5.74, 6) is -0.333. The molecule has 1 aromatic heterocycles. The summed E-state index contributed by atoms with van der Waals surface area (Å²) in [5.41, 5.74) is 4.47. The minimum Gasteiger partial charge on any atom is -0.370 e. The van der Waals surface area contributed by atoms with Gasteiger partial charge in [0.2, 0.25) is 5.91 Å². The molecule has 0 fully saturated rings. The van der Waals surface area contributed by atoms with Gasteiger partial charge in [-0.05, 0) is 12.1 Å². The minimum absolute atomic E-state index is 0. The van der Waals surface area contributed by atoms with Crippen molar-refractivity contribution in [2.45, 2.75) is 6.92 Å². The van der Waals surface area contributed by atoms with E-state index in [-0.39, 0.29) is 18.3 Å². The molecule has 0 saturated heterocycles. The highest BCUT2D eigenvalue weighted by Crippen LogP contribution is 1.73. The van der Waals surface area contributed by atoms with E-state index in [2.05, 4.69) is 10.7 Å². The maximum atomic E-state index is 9.22. The van der Waals surface area contributed by atoms with Crippen LogP contribution in [0.4, 0.5) is 0 Å². The smallest absolute Gasteiger partial charge is 0.214 e. The molecule has 2 N–H and O–H groups in total. The second-order valence-corrected chi connectivity index (χ2v) is 1.64. The highest BCUT2D eigenvalue weighted by atomic mass is 35.5. The van der Waals surface area contributed by atoms with Crippen LogP contribution in [0.25, 0.3) is 0 Å². The van der Waals surface area contributed by atoms with Crippen molar-refractivity contribution in [3.05, 3.63) is 30.6 Å². The average Bonchev–Trinajstić information content (AvgIpc) is 1.90. The first kappa shape index (κ1) is 12.6. The molecule has 0 bridgehead atoms. The second kappa shape index (κ2) is 8.91. The number of aromatic nitrogens is 1. The Hall–Kier alpha value is -1.09. The summed E-state index contributed by atoms with van der Waals surface area (Å²) in [6.45, 7) is 1.31. The molecule has 1 amide bonds. The predicted molar refractivity (Wildman–Crippen MR) is 46.4 cm³/mol. The number of hydrogen-bond donors (Lipinski definition) is 1. The van der Waals surface area contributed by atoms with Gasteiger partial charge in [-0.25, -0.2) is 0 Å². The molecule has 4 heteroatoms. The zero-order valence-corrected chi connectivity index (χ0v) is 7.04. The first-order chi connectivity index (χ1) is 4.73. The maximum Gasteiger partial charge on any atom is 0.214 e. The largest absolute Gasteiger partial charge is 0.370 e. The van der Waals surface area contributed by atoms with Gasteiger partial charge in [-0.1, -0.05) is 6.07 Å². The summed E-state index contributed by atoms with van der Waals surface area (Å²) in [6, 6.07) is 5.72. The average molecular weight is 175 g/mol. The number of rotatable bonds is 0. The Labute approximate surface area is 72.0 Å². The number of amides is 1. The third-order valence-electron chi connectivity index (χ3n) is 0.566. The van der Waals surface area contributed by atoms with E-state index in [1.165, 1.54) is 6.92 Å². The Morgan fingerprint density at radius 1 is 1.27 bits per heavy atom. The van der Waals surface area contributed by atoms with Crippen LogP contribution in [0.15, 0.2) is 30.6 Å². The fourth-order valence-corrected chi connectivity index (χ4v) is 0.313. The zero-order valence-electron chi connectivity index (χ0n) is 6.23. The van der Waals surface area contributed by atoms with Crippen molar-refractivity contribution >= 4 is 18.3 Å². The topological polar surface area (TPSA) is 56.0 Å². The van der Waals surface area contributed by atoms with Crippen molar-refractivity contribution in [2.75, 3.05) is 0 Å². The molecule has 0 atom stereocenters. The quantitative estimate of drug-likeness (QED) is 0.638. The Morgan fingerprint density at radius 3 is 1.73 bits per heavy atom. The van der Waals surface area contributed by atoms with Gasteiger partial charge in [-0.15, -0.1) is 12.4 Å². The van der Waals surface area contributed by atoms with Crippen LogP contribution < -0.4 is 5.73 Å². The Kier molecular flexibility index (Phi) is 10.2. The normalized spacial score (nSPS) is 6.64. The Bertz CT molecular complexity index is 148. The number of hydrogen-bond acceptors (Lipinski definition) is 2. The van der Waals surface area contributed by atoms with Crippen LogP contribution in [0, 0.1) is 0 Å². The fraction of sp³-hybridized carbons (Fsp3) is 0.143. The molecule has 0 unspecified atom stereocenters. The molecule has 0 aliphatic rings. The van der Waals surface area contributed by atoms with Gasteiger partial charge >= 0.3 is 0 Å². The van der Waals surface area contributed by atoms with Crippen molar-refractivity contribution in [1.29, 1.82) is 0 Å².